The second kappa shape index (κ2) is 4.61. The molecule has 110 valence electrons. The molecule has 7 heteroatoms. The minimum atomic E-state index is -4.88. The Morgan fingerprint density at radius 2 is 1.65 bits per heavy atom. The zero-order chi connectivity index (χ0) is 14.3. The molecule has 20 heavy (non-hydrogen) atoms. The van der Waals surface area contributed by atoms with E-state index >= 15 is 0 Å². The van der Waals surface area contributed by atoms with Crippen LogP contribution in [0, 0.1) is 0 Å². The third kappa shape index (κ3) is 2.25. The fraction of sp³-hybridized carbons (Fsp3) is 0.538. The summed E-state index contributed by atoms with van der Waals surface area (Å²) in [5.41, 5.74) is 0. The molecule has 1 saturated heterocycles. The molecule has 1 aromatic rings. The maximum Gasteiger partial charge on any atom is 0.489 e. The van der Waals surface area contributed by atoms with E-state index in [9.17, 15) is 13.2 Å². The Kier molecular flexibility index (Phi) is 3.15. The smallest absolute Gasteiger partial charge is 0.431 e. The van der Waals surface area contributed by atoms with Crippen molar-refractivity contribution < 1.29 is 32.4 Å². The molecule has 1 unspecified atom stereocenters. The summed E-state index contributed by atoms with van der Waals surface area (Å²) in [6.07, 6.45) is -2.73. The summed E-state index contributed by atoms with van der Waals surface area (Å²) < 4.78 is 49.8. The van der Waals surface area contributed by atoms with Crippen LogP contribution in [0.3, 0.4) is 0 Å². The van der Waals surface area contributed by atoms with Gasteiger partial charge in [0, 0.05) is 12.8 Å². The third-order valence-electron chi connectivity index (χ3n) is 3.33. The summed E-state index contributed by atoms with van der Waals surface area (Å²) in [4.78, 5) is 9.33. The van der Waals surface area contributed by atoms with Crippen molar-refractivity contribution in [2.24, 2.45) is 0 Å². The van der Waals surface area contributed by atoms with E-state index in [0.29, 0.717) is 12.8 Å². The molecule has 1 atom stereocenters. The molecule has 3 rings (SSSR count). The second-order valence-corrected chi connectivity index (χ2v) is 4.86. The molecule has 0 radical (unpaired) electrons. The van der Waals surface area contributed by atoms with Crippen LogP contribution in [-0.2, 0) is 14.5 Å². The lowest BCUT2D eigenvalue weighted by Crippen LogP contribution is -2.52. The average molecular weight is 290 g/mol. The van der Waals surface area contributed by atoms with Crippen LogP contribution in [0.1, 0.15) is 25.7 Å². The average Bonchev–Trinajstić information content (AvgIpc) is 2.99. The Hall–Kier alpha value is -1.31. The van der Waals surface area contributed by atoms with Crippen LogP contribution < -0.4 is 4.74 Å². The molecule has 0 bridgehead atoms. The van der Waals surface area contributed by atoms with Gasteiger partial charge < -0.3 is 4.74 Å². The minimum Gasteiger partial charge on any atom is -0.431 e. The molecule has 1 spiro atoms. The molecule has 0 N–H and O–H groups in total. The summed E-state index contributed by atoms with van der Waals surface area (Å²) in [5.74, 6) is -4.58. The first-order chi connectivity index (χ1) is 9.45. The van der Waals surface area contributed by atoms with Gasteiger partial charge >= 0.3 is 12.1 Å². The van der Waals surface area contributed by atoms with Crippen molar-refractivity contribution in [1.82, 2.24) is 0 Å². The second-order valence-electron chi connectivity index (χ2n) is 4.86. The fourth-order valence-electron chi connectivity index (χ4n) is 2.35. The van der Waals surface area contributed by atoms with Crippen LogP contribution in [0.15, 0.2) is 30.3 Å². The lowest BCUT2D eigenvalue weighted by atomic mass is 10.2. The van der Waals surface area contributed by atoms with Gasteiger partial charge in [0.2, 0.25) is 5.79 Å². The van der Waals surface area contributed by atoms with E-state index < -0.39 is 17.9 Å². The Bertz CT molecular complexity index is 470. The number of para-hydroxylation sites is 1. The van der Waals surface area contributed by atoms with Crippen LogP contribution in [0.5, 0.6) is 5.75 Å². The highest BCUT2D eigenvalue weighted by molar-refractivity contribution is 5.21. The summed E-state index contributed by atoms with van der Waals surface area (Å²) in [5, 5.41) is 0. The summed E-state index contributed by atoms with van der Waals surface area (Å²) in [6.45, 7) is 0. The maximum absolute atomic E-state index is 13.3. The Balaban J connectivity index is 1.87. The van der Waals surface area contributed by atoms with Gasteiger partial charge in [0.25, 0.3) is 0 Å². The standard InChI is InChI=1S/C13H13F3O4/c14-12(15,16)13(17-10-6-2-1-3-7-10)18-11(19-20-13)8-4-5-9-11/h1-3,6-7H,4-5,8-9H2. The van der Waals surface area contributed by atoms with Crippen molar-refractivity contribution in [2.45, 2.75) is 43.6 Å². The van der Waals surface area contributed by atoms with Gasteiger partial charge in [0.1, 0.15) is 5.75 Å². The Labute approximate surface area is 113 Å². The van der Waals surface area contributed by atoms with Crippen LogP contribution in [-0.4, -0.2) is 17.9 Å². The van der Waals surface area contributed by atoms with E-state index in [1.807, 2.05) is 0 Å². The molecule has 1 heterocycles. The number of rotatable bonds is 2. The van der Waals surface area contributed by atoms with Crippen molar-refractivity contribution in [1.29, 1.82) is 0 Å². The molecule has 1 aromatic carbocycles. The van der Waals surface area contributed by atoms with Gasteiger partial charge in [-0.2, -0.15) is 18.1 Å². The van der Waals surface area contributed by atoms with Crippen molar-refractivity contribution in [3.63, 3.8) is 0 Å². The molecular weight excluding hydrogens is 277 g/mol. The molecule has 4 nitrogen and oxygen atoms in total. The Morgan fingerprint density at radius 1 is 1.00 bits per heavy atom. The highest BCUT2D eigenvalue weighted by Gasteiger charge is 2.71. The first kappa shape index (κ1) is 13.7. The molecular formula is C13H13F3O4. The van der Waals surface area contributed by atoms with Crippen molar-refractivity contribution in [3.8, 4) is 5.75 Å². The lowest BCUT2D eigenvalue weighted by molar-refractivity contribution is -0.474. The van der Waals surface area contributed by atoms with E-state index in [1.54, 1.807) is 18.2 Å². The van der Waals surface area contributed by atoms with Crippen molar-refractivity contribution >= 4 is 0 Å². The highest BCUT2D eigenvalue weighted by Crippen LogP contribution is 2.50. The van der Waals surface area contributed by atoms with E-state index in [4.69, 9.17) is 14.4 Å². The van der Waals surface area contributed by atoms with Crippen LogP contribution in [0.2, 0.25) is 0 Å². The number of hydrogen-bond acceptors (Lipinski definition) is 4. The first-order valence-corrected chi connectivity index (χ1v) is 6.33. The SMILES string of the molecule is FC(F)(F)C1(Oc2ccccc2)OOC2(CCCC2)O1. The van der Waals surface area contributed by atoms with Gasteiger partial charge in [-0.05, 0) is 25.0 Å². The molecule has 0 amide bonds. The quantitative estimate of drug-likeness (QED) is 0.781. The summed E-state index contributed by atoms with van der Waals surface area (Å²) in [7, 11) is 0. The minimum absolute atomic E-state index is 0.0107. The number of alkyl halides is 3. The van der Waals surface area contributed by atoms with Crippen molar-refractivity contribution in [2.75, 3.05) is 0 Å². The monoisotopic (exact) mass is 290 g/mol. The van der Waals surface area contributed by atoms with Gasteiger partial charge in [-0.15, -0.1) is 4.89 Å². The van der Waals surface area contributed by atoms with Crippen LogP contribution in [0.4, 0.5) is 13.2 Å². The number of hydrogen-bond donors (Lipinski definition) is 0. The third-order valence-corrected chi connectivity index (χ3v) is 3.33. The summed E-state index contributed by atoms with van der Waals surface area (Å²) >= 11 is 0. The lowest BCUT2D eigenvalue weighted by Gasteiger charge is -2.28. The molecule has 1 aliphatic heterocycles. The van der Waals surface area contributed by atoms with Gasteiger partial charge in [-0.1, -0.05) is 18.2 Å². The van der Waals surface area contributed by atoms with Crippen molar-refractivity contribution in [3.05, 3.63) is 30.3 Å². The fourth-order valence-corrected chi connectivity index (χ4v) is 2.35. The largest absolute Gasteiger partial charge is 0.489 e. The predicted octanol–water partition coefficient (Wildman–Crippen LogP) is 3.53. The van der Waals surface area contributed by atoms with Gasteiger partial charge in [-0.3, -0.25) is 4.74 Å². The van der Waals surface area contributed by atoms with Crippen LogP contribution >= 0.6 is 0 Å². The normalized spacial score (nSPS) is 28.9. The molecule has 1 aliphatic carbocycles. The van der Waals surface area contributed by atoms with Gasteiger partial charge in [-0.25, -0.2) is 0 Å². The first-order valence-electron chi connectivity index (χ1n) is 6.33. The molecule has 2 fully saturated rings. The van der Waals surface area contributed by atoms with E-state index in [1.165, 1.54) is 12.1 Å². The molecule has 0 aromatic heterocycles. The maximum atomic E-state index is 13.3. The van der Waals surface area contributed by atoms with E-state index in [2.05, 4.69) is 4.89 Å². The van der Waals surface area contributed by atoms with E-state index in [0.717, 1.165) is 12.8 Å². The highest BCUT2D eigenvalue weighted by atomic mass is 19.4. The predicted molar refractivity (Wildman–Crippen MR) is 60.3 cm³/mol. The molecule has 1 saturated carbocycles. The number of halogens is 3. The van der Waals surface area contributed by atoms with Gasteiger partial charge in [0.15, 0.2) is 0 Å². The Morgan fingerprint density at radius 3 is 2.25 bits per heavy atom. The number of benzene rings is 1. The molecule has 2 aliphatic rings. The van der Waals surface area contributed by atoms with E-state index in [-0.39, 0.29) is 5.75 Å². The zero-order valence-corrected chi connectivity index (χ0v) is 10.5. The number of ether oxygens (including phenoxy) is 2. The zero-order valence-electron chi connectivity index (χ0n) is 10.5. The topological polar surface area (TPSA) is 36.9 Å². The summed E-state index contributed by atoms with van der Waals surface area (Å²) in [6, 6.07) is 7.55. The van der Waals surface area contributed by atoms with Gasteiger partial charge in [0.05, 0.1) is 0 Å². The van der Waals surface area contributed by atoms with Crippen LogP contribution in [0.25, 0.3) is 0 Å².